The second kappa shape index (κ2) is 21.4. The molecule has 0 atom stereocenters. The molecule has 0 radical (unpaired) electrons. The minimum Gasteiger partial charge on any atom is -0.385 e. The summed E-state index contributed by atoms with van der Waals surface area (Å²) in [5.41, 5.74) is 0.755. The minimum absolute atomic E-state index is 0.110. The minimum atomic E-state index is -0.513. The van der Waals surface area contributed by atoms with E-state index in [1.807, 2.05) is 6.07 Å². The highest BCUT2D eigenvalue weighted by molar-refractivity contribution is 5.58. The highest BCUT2D eigenvalue weighted by Gasteiger charge is 2.13. The van der Waals surface area contributed by atoms with Crippen LogP contribution in [-0.4, -0.2) is 11.5 Å². The van der Waals surface area contributed by atoms with Gasteiger partial charge in [-0.3, -0.25) is 10.1 Å². The number of nitriles is 1. The first-order valence-electron chi connectivity index (χ1n) is 14.1. The number of nitrogens with one attached hydrogen (secondary N) is 1. The maximum absolute atomic E-state index is 10.9. The summed E-state index contributed by atoms with van der Waals surface area (Å²) in [5.74, 6) is 0. The third kappa shape index (κ3) is 15.7. The summed E-state index contributed by atoms with van der Waals surface area (Å²) in [6, 6.07) is 6.54. The zero-order chi connectivity index (χ0) is 24.7. The average Bonchev–Trinajstić information content (AvgIpc) is 2.84. The highest BCUT2D eigenvalue weighted by atomic mass is 16.6. The molecule has 1 aromatic rings. The van der Waals surface area contributed by atoms with Crippen LogP contribution in [0.2, 0.25) is 0 Å². The normalized spacial score (nSPS) is 10.8. The Kier molecular flexibility index (Phi) is 18.9. The Balaban J connectivity index is 1.82. The van der Waals surface area contributed by atoms with Crippen molar-refractivity contribution in [1.29, 1.82) is 5.26 Å². The number of anilines is 1. The molecule has 34 heavy (non-hydrogen) atoms. The van der Waals surface area contributed by atoms with E-state index in [1.54, 1.807) is 12.1 Å². The maximum atomic E-state index is 10.9. The fourth-order valence-corrected chi connectivity index (χ4v) is 4.51. The van der Waals surface area contributed by atoms with Gasteiger partial charge in [0.15, 0.2) is 0 Å². The van der Waals surface area contributed by atoms with Gasteiger partial charge in [0, 0.05) is 18.3 Å². The zero-order valence-electron chi connectivity index (χ0n) is 21.8. The van der Waals surface area contributed by atoms with Gasteiger partial charge in [-0.25, -0.2) is 0 Å². The maximum Gasteiger partial charge on any atom is 0.287 e. The first-order valence-corrected chi connectivity index (χ1v) is 14.1. The van der Waals surface area contributed by atoms with E-state index in [0.29, 0.717) is 0 Å². The van der Waals surface area contributed by atoms with Gasteiger partial charge in [-0.15, -0.1) is 0 Å². The van der Waals surface area contributed by atoms with Crippen molar-refractivity contribution in [2.45, 2.75) is 135 Å². The highest BCUT2D eigenvalue weighted by Crippen LogP contribution is 2.22. The Morgan fingerprint density at radius 1 is 0.735 bits per heavy atom. The molecule has 0 amide bonds. The predicted molar refractivity (Wildman–Crippen MR) is 144 cm³/mol. The number of hydrogen-bond donors (Lipinski definition) is 1. The van der Waals surface area contributed by atoms with Crippen LogP contribution in [0.15, 0.2) is 18.2 Å². The molecule has 0 aliphatic rings. The molecule has 0 saturated heterocycles. The SMILES string of the molecule is CCCCCCCCCCCCCCCCCCCCCCNc1ccc([N+](=O)[O-])c(C#N)c1. The first kappa shape index (κ1) is 29.9. The number of benzene rings is 1. The van der Waals surface area contributed by atoms with E-state index in [0.717, 1.165) is 18.7 Å². The monoisotopic (exact) mass is 471 g/mol. The molecule has 0 heterocycles. The van der Waals surface area contributed by atoms with E-state index in [1.165, 1.54) is 128 Å². The summed E-state index contributed by atoms with van der Waals surface area (Å²) in [4.78, 5) is 10.4. The quantitative estimate of drug-likeness (QED) is 0.0978. The van der Waals surface area contributed by atoms with E-state index in [2.05, 4.69) is 12.2 Å². The molecule has 0 aromatic heterocycles. The molecule has 0 aliphatic heterocycles. The number of nitro groups is 1. The fourth-order valence-electron chi connectivity index (χ4n) is 4.51. The van der Waals surface area contributed by atoms with Crippen LogP contribution in [0.4, 0.5) is 11.4 Å². The molecule has 5 heteroatoms. The standard InChI is InChI=1S/C29H49N3O2/c1-2-3-4-5-6-7-8-9-10-11-12-13-14-15-16-17-18-19-20-21-24-31-28-22-23-29(32(33)34)27(25-28)26-30/h22-23,25,31H,2-21,24H2,1H3. The van der Waals surface area contributed by atoms with Crippen molar-refractivity contribution in [2.24, 2.45) is 0 Å². The Bertz CT molecular complexity index is 684. The molecule has 0 bridgehead atoms. The summed E-state index contributed by atoms with van der Waals surface area (Å²) in [7, 11) is 0. The zero-order valence-corrected chi connectivity index (χ0v) is 21.8. The van der Waals surface area contributed by atoms with E-state index in [9.17, 15) is 10.1 Å². The molecule has 0 aliphatic carbocycles. The lowest BCUT2D eigenvalue weighted by Crippen LogP contribution is -2.02. The van der Waals surface area contributed by atoms with Crippen molar-refractivity contribution in [3.8, 4) is 6.07 Å². The van der Waals surface area contributed by atoms with Crippen LogP contribution in [0.25, 0.3) is 0 Å². The van der Waals surface area contributed by atoms with Crippen molar-refractivity contribution in [3.63, 3.8) is 0 Å². The third-order valence-electron chi connectivity index (χ3n) is 6.67. The number of unbranched alkanes of at least 4 members (excludes halogenated alkanes) is 19. The second-order valence-electron chi connectivity index (χ2n) is 9.75. The van der Waals surface area contributed by atoms with Gasteiger partial charge in [0.25, 0.3) is 5.69 Å². The van der Waals surface area contributed by atoms with Crippen LogP contribution in [0.1, 0.15) is 141 Å². The lowest BCUT2D eigenvalue weighted by molar-refractivity contribution is -0.385. The van der Waals surface area contributed by atoms with Crippen molar-refractivity contribution >= 4 is 11.4 Å². The summed E-state index contributed by atoms with van der Waals surface area (Å²) in [6.07, 6.45) is 27.5. The van der Waals surface area contributed by atoms with Crippen LogP contribution in [0.3, 0.4) is 0 Å². The van der Waals surface area contributed by atoms with Gasteiger partial charge in [-0.05, 0) is 18.6 Å². The second-order valence-corrected chi connectivity index (χ2v) is 9.75. The van der Waals surface area contributed by atoms with Crippen molar-refractivity contribution in [2.75, 3.05) is 11.9 Å². The number of rotatable bonds is 23. The summed E-state index contributed by atoms with van der Waals surface area (Å²) in [5, 5.41) is 23.2. The molecule has 1 N–H and O–H groups in total. The molecule has 0 spiro atoms. The van der Waals surface area contributed by atoms with Crippen molar-refractivity contribution in [3.05, 3.63) is 33.9 Å². The fraction of sp³-hybridized carbons (Fsp3) is 0.759. The van der Waals surface area contributed by atoms with Gasteiger partial charge in [-0.2, -0.15) is 5.26 Å². The average molecular weight is 472 g/mol. The predicted octanol–water partition coefficient (Wildman–Crippen LogP) is 9.70. The molecular formula is C29H49N3O2. The number of nitrogens with zero attached hydrogens (tertiary/aromatic N) is 2. The summed E-state index contributed by atoms with van der Waals surface area (Å²) in [6.45, 7) is 3.12. The van der Waals surface area contributed by atoms with Crippen molar-refractivity contribution in [1.82, 2.24) is 0 Å². The largest absolute Gasteiger partial charge is 0.385 e. The first-order chi connectivity index (χ1) is 16.7. The van der Waals surface area contributed by atoms with Crippen LogP contribution >= 0.6 is 0 Å². The van der Waals surface area contributed by atoms with Gasteiger partial charge in [0.1, 0.15) is 11.6 Å². The van der Waals surface area contributed by atoms with Gasteiger partial charge < -0.3 is 5.32 Å². The smallest absolute Gasteiger partial charge is 0.287 e. The topological polar surface area (TPSA) is 79.0 Å². The molecular weight excluding hydrogens is 422 g/mol. The van der Waals surface area contributed by atoms with Crippen LogP contribution < -0.4 is 5.32 Å². The molecule has 1 aromatic carbocycles. The molecule has 192 valence electrons. The Hall–Kier alpha value is -2.09. The number of nitro benzene ring substituents is 1. The summed E-state index contributed by atoms with van der Waals surface area (Å²) >= 11 is 0. The lowest BCUT2D eigenvalue weighted by atomic mass is 10.0. The molecule has 0 fully saturated rings. The molecule has 1 rings (SSSR count). The van der Waals surface area contributed by atoms with Gasteiger partial charge in [-0.1, -0.05) is 129 Å². The van der Waals surface area contributed by atoms with Crippen molar-refractivity contribution < 1.29 is 4.92 Å². The Morgan fingerprint density at radius 3 is 1.53 bits per heavy atom. The summed E-state index contributed by atoms with van der Waals surface area (Å²) < 4.78 is 0. The molecule has 5 nitrogen and oxygen atoms in total. The number of hydrogen-bond acceptors (Lipinski definition) is 4. The van der Waals surface area contributed by atoms with Gasteiger partial charge >= 0.3 is 0 Å². The Morgan fingerprint density at radius 2 is 1.15 bits per heavy atom. The van der Waals surface area contributed by atoms with E-state index in [4.69, 9.17) is 5.26 Å². The van der Waals surface area contributed by atoms with Crippen LogP contribution in [-0.2, 0) is 0 Å². The van der Waals surface area contributed by atoms with Crippen LogP contribution in [0.5, 0.6) is 0 Å². The van der Waals surface area contributed by atoms with Gasteiger partial charge in [0.2, 0.25) is 0 Å². The molecule has 0 saturated carbocycles. The van der Waals surface area contributed by atoms with E-state index in [-0.39, 0.29) is 11.3 Å². The van der Waals surface area contributed by atoms with Crippen LogP contribution in [0, 0.1) is 21.4 Å². The van der Waals surface area contributed by atoms with Gasteiger partial charge in [0.05, 0.1) is 4.92 Å². The lowest BCUT2D eigenvalue weighted by Gasteiger charge is -2.07. The molecule has 0 unspecified atom stereocenters. The van der Waals surface area contributed by atoms with E-state index >= 15 is 0 Å². The Labute approximate surface area is 208 Å². The van der Waals surface area contributed by atoms with E-state index < -0.39 is 4.92 Å². The third-order valence-corrected chi connectivity index (χ3v) is 6.67.